The Bertz CT molecular complexity index is 233. The third-order valence-corrected chi connectivity index (χ3v) is 3.41. The molecule has 0 aliphatic carbocycles. The molecule has 1 aliphatic heterocycles. The Labute approximate surface area is 88.2 Å². The van der Waals surface area contributed by atoms with E-state index in [1.807, 2.05) is 6.92 Å². The fourth-order valence-electron chi connectivity index (χ4n) is 1.48. The van der Waals surface area contributed by atoms with Gasteiger partial charge in [0.1, 0.15) is 6.04 Å². The van der Waals surface area contributed by atoms with Gasteiger partial charge in [-0.15, -0.1) is 0 Å². The molecule has 14 heavy (non-hydrogen) atoms. The summed E-state index contributed by atoms with van der Waals surface area (Å²) in [5.74, 6) is 2.02. The summed E-state index contributed by atoms with van der Waals surface area (Å²) >= 11 is 1.80. The number of rotatable bonds is 5. The van der Waals surface area contributed by atoms with Crippen molar-refractivity contribution in [2.75, 3.05) is 11.5 Å². The molecular weight excluding hydrogens is 200 g/mol. The van der Waals surface area contributed by atoms with E-state index in [-0.39, 0.29) is 23.9 Å². The molecule has 2 atom stereocenters. The molecule has 2 N–H and O–H groups in total. The minimum Gasteiger partial charge on any atom is -0.326 e. The third kappa shape index (κ3) is 2.64. The summed E-state index contributed by atoms with van der Waals surface area (Å²) in [7, 11) is 0. The summed E-state index contributed by atoms with van der Waals surface area (Å²) in [6.45, 7) is 4.13. The van der Waals surface area contributed by atoms with Crippen LogP contribution in [0.3, 0.4) is 0 Å². The molecule has 1 rings (SSSR count). The Balaban J connectivity index is 2.51. The number of carbonyl (C=O) groups is 2. The van der Waals surface area contributed by atoms with E-state index >= 15 is 0 Å². The van der Waals surface area contributed by atoms with Gasteiger partial charge in [0, 0.05) is 0 Å². The highest BCUT2D eigenvalue weighted by atomic mass is 32.2. The second-order valence-corrected chi connectivity index (χ2v) is 4.59. The Morgan fingerprint density at radius 3 is 2.57 bits per heavy atom. The lowest BCUT2D eigenvalue weighted by molar-refractivity contribution is -0.121. The molecule has 0 aromatic heterocycles. The molecule has 0 bridgehead atoms. The zero-order valence-corrected chi connectivity index (χ0v) is 9.32. The van der Waals surface area contributed by atoms with Gasteiger partial charge in [0.2, 0.25) is 0 Å². The monoisotopic (exact) mass is 216 g/mol. The number of urea groups is 1. The van der Waals surface area contributed by atoms with E-state index in [0.29, 0.717) is 0 Å². The molecule has 5 heteroatoms. The average molecular weight is 216 g/mol. The van der Waals surface area contributed by atoms with E-state index in [0.717, 1.165) is 17.9 Å². The van der Waals surface area contributed by atoms with Gasteiger partial charge in [0.05, 0.1) is 0 Å². The highest BCUT2D eigenvalue weighted by Crippen LogP contribution is 2.17. The van der Waals surface area contributed by atoms with Gasteiger partial charge >= 0.3 is 6.03 Å². The molecule has 1 aliphatic rings. The van der Waals surface area contributed by atoms with Crippen molar-refractivity contribution in [1.29, 1.82) is 0 Å². The lowest BCUT2D eigenvalue weighted by Crippen LogP contribution is -2.37. The van der Waals surface area contributed by atoms with Gasteiger partial charge in [0.25, 0.3) is 5.91 Å². The Morgan fingerprint density at radius 2 is 2.14 bits per heavy atom. The summed E-state index contributed by atoms with van der Waals surface area (Å²) in [6.07, 6.45) is 0.908. The van der Waals surface area contributed by atoms with Crippen LogP contribution >= 0.6 is 11.8 Å². The Kier molecular flexibility index (Phi) is 4.25. The number of thioether (sulfide) groups is 1. The second-order valence-electron chi connectivity index (χ2n) is 3.27. The minimum atomic E-state index is -0.361. The van der Waals surface area contributed by atoms with Crippen LogP contribution in [-0.4, -0.2) is 29.5 Å². The molecule has 0 saturated carbocycles. The molecule has 0 aromatic rings. The van der Waals surface area contributed by atoms with Gasteiger partial charge in [0.15, 0.2) is 0 Å². The quantitative estimate of drug-likeness (QED) is 0.673. The molecule has 1 heterocycles. The van der Waals surface area contributed by atoms with Gasteiger partial charge < -0.3 is 5.32 Å². The highest BCUT2D eigenvalue weighted by molar-refractivity contribution is 7.99. The van der Waals surface area contributed by atoms with Crippen molar-refractivity contribution in [1.82, 2.24) is 10.6 Å². The van der Waals surface area contributed by atoms with Crippen molar-refractivity contribution in [3.05, 3.63) is 0 Å². The van der Waals surface area contributed by atoms with Crippen LogP contribution in [0, 0.1) is 5.92 Å². The van der Waals surface area contributed by atoms with E-state index in [1.54, 1.807) is 11.8 Å². The van der Waals surface area contributed by atoms with E-state index in [2.05, 4.69) is 17.6 Å². The van der Waals surface area contributed by atoms with Crippen molar-refractivity contribution in [3.63, 3.8) is 0 Å². The van der Waals surface area contributed by atoms with Crippen LogP contribution in [0.2, 0.25) is 0 Å². The maximum atomic E-state index is 11.3. The normalized spacial score (nSPS) is 23.1. The van der Waals surface area contributed by atoms with Crippen LogP contribution in [0.15, 0.2) is 0 Å². The second kappa shape index (κ2) is 5.24. The fourth-order valence-corrected chi connectivity index (χ4v) is 2.45. The molecule has 0 aromatic carbocycles. The molecule has 80 valence electrons. The molecule has 0 spiro atoms. The molecule has 3 amide bonds. The van der Waals surface area contributed by atoms with Crippen LogP contribution in [-0.2, 0) is 4.79 Å². The van der Waals surface area contributed by atoms with Crippen LogP contribution in [0.25, 0.3) is 0 Å². The Hall–Kier alpha value is -0.710. The summed E-state index contributed by atoms with van der Waals surface area (Å²) in [6, 6.07) is -0.688. The first-order chi connectivity index (χ1) is 6.69. The first-order valence-electron chi connectivity index (χ1n) is 4.88. The van der Waals surface area contributed by atoms with Crippen molar-refractivity contribution in [2.24, 2.45) is 5.92 Å². The van der Waals surface area contributed by atoms with Crippen molar-refractivity contribution in [2.45, 2.75) is 26.3 Å². The summed E-state index contributed by atoms with van der Waals surface area (Å²) in [4.78, 5) is 22.3. The number of hydrogen-bond donors (Lipinski definition) is 2. The number of carbonyl (C=O) groups excluding carboxylic acids is 2. The smallest absolute Gasteiger partial charge is 0.322 e. The summed E-state index contributed by atoms with van der Waals surface area (Å²) in [5, 5.41) is 4.91. The molecular formula is C9H16N2O2S. The van der Waals surface area contributed by atoms with Crippen LogP contribution < -0.4 is 10.6 Å². The predicted molar refractivity (Wildman–Crippen MR) is 57.2 cm³/mol. The lowest BCUT2D eigenvalue weighted by atomic mass is 9.99. The number of nitrogens with one attached hydrogen (secondary N) is 2. The van der Waals surface area contributed by atoms with Crippen molar-refractivity contribution in [3.8, 4) is 0 Å². The van der Waals surface area contributed by atoms with Gasteiger partial charge in [-0.1, -0.05) is 20.3 Å². The molecule has 1 fully saturated rings. The number of imide groups is 1. The fraction of sp³-hybridized carbons (Fsp3) is 0.778. The van der Waals surface area contributed by atoms with Crippen LogP contribution in [0.4, 0.5) is 4.79 Å². The first kappa shape index (κ1) is 11.4. The van der Waals surface area contributed by atoms with Gasteiger partial charge in [-0.05, 0) is 17.4 Å². The van der Waals surface area contributed by atoms with Crippen LogP contribution in [0.1, 0.15) is 20.3 Å². The van der Waals surface area contributed by atoms with Crippen molar-refractivity contribution >= 4 is 23.7 Å². The first-order valence-corrected chi connectivity index (χ1v) is 6.03. The lowest BCUT2D eigenvalue weighted by Gasteiger charge is -2.18. The molecule has 4 nitrogen and oxygen atoms in total. The SMILES string of the molecule is CCSCC(CC)C1NC(=O)NC1=O. The van der Waals surface area contributed by atoms with E-state index in [9.17, 15) is 9.59 Å². The number of hydrogen-bond acceptors (Lipinski definition) is 3. The maximum Gasteiger partial charge on any atom is 0.322 e. The van der Waals surface area contributed by atoms with E-state index in [4.69, 9.17) is 0 Å². The highest BCUT2D eigenvalue weighted by Gasteiger charge is 2.34. The van der Waals surface area contributed by atoms with Crippen LogP contribution in [0.5, 0.6) is 0 Å². The predicted octanol–water partition coefficient (Wildman–Crippen LogP) is 0.974. The van der Waals surface area contributed by atoms with E-state index < -0.39 is 0 Å². The largest absolute Gasteiger partial charge is 0.326 e. The minimum absolute atomic E-state index is 0.182. The van der Waals surface area contributed by atoms with Gasteiger partial charge in [-0.2, -0.15) is 11.8 Å². The number of amides is 3. The van der Waals surface area contributed by atoms with Gasteiger partial charge in [-0.3, -0.25) is 10.1 Å². The maximum absolute atomic E-state index is 11.3. The molecule has 0 radical (unpaired) electrons. The zero-order chi connectivity index (χ0) is 10.6. The van der Waals surface area contributed by atoms with Crippen molar-refractivity contribution < 1.29 is 9.59 Å². The third-order valence-electron chi connectivity index (χ3n) is 2.34. The zero-order valence-electron chi connectivity index (χ0n) is 8.50. The molecule has 1 saturated heterocycles. The Morgan fingerprint density at radius 1 is 1.43 bits per heavy atom. The topological polar surface area (TPSA) is 58.2 Å². The summed E-state index contributed by atoms with van der Waals surface area (Å²) < 4.78 is 0. The molecule has 2 unspecified atom stereocenters. The van der Waals surface area contributed by atoms with E-state index in [1.165, 1.54) is 0 Å². The average Bonchev–Trinajstić information content (AvgIpc) is 2.47. The van der Waals surface area contributed by atoms with Gasteiger partial charge in [-0.25, -0.2) is 4.79 Å². The summed E-state index contributed by atoms with van der Waals surface area (Å²) in [5.41, 5.74) is 0. The standard InChI is InChI=1S/C9H16N2O2S/c1-3-6(5-14-4-2)7-8(12)11-9(13)10-7/h6-7H,3-5H2,1-2H3,(H2,10,11,12,13).